The highest BCUT2D eigenvalue weighted by Crippen LogP contribution is 2.38. The number of ether oxygens (including phenoxy) is 1. The zero-order valence-electron chi connectivity index (χ0n) is 21.5. The Morgan fingerprint density at radius 2 is 1.89 bits per heavy atom. The molecule has 4 aliphatic rings. The molecular weight excluding hydrogens is 496 g/mol. The molecule has 0 radical (unpaired) electrons. The predicted octanol–water partition coefficient (Wildman–Crippen LogP) is 3.77. The Labute approximate surface area is 226 Å². The van der Waals surface area contributed by atoms with Crippen molar-refractivity contribution in [3.05, 3.63) is 84.2 Å². The van der Waals surface area contributed by atoms with Gasteiger partial charge in [0.05, 0.1) is 42.7 Å². The van der Waals surface area contributed by atoms with Crippen LogP contribution in [0.15, 0.2) is 84.2 Å². The molecule has 0 spiro atoms. The summed E-state index contributed by atoms with van der Waals surface area (Å²) < 4.78 is 8.35. The van der Waals surface area contributed by atoms with E-state index in [4.69, 9.17) is 9.72 Å². The molecule has 7 rings (SSSR count). The molecule has 2 fully saturated rings. The number of thioether (sulfide) groups is 1. The van der Waals surface area contributed by atoms with Crippen LogP contribution in [0.1, 0.15) is 0 Å². The van der Waals surface area contributed by atoms with Gasteiger partial charge in [0.25, 0.3) is 5.91 Å². The number of fused-ring (bicyclic) bond motifs is 2. The summed E-state index contributed by atoms with van der Waals surface area (Å²) in [5.74, 6) is 3.79. The number of hydrogen-bond donors (Lipinski definition) is 0. The molecule has 4 aliphatic heterocycles. The number of para-hydroxylation sites is 1. The minimum absolute atomic E-state index is 0.196. The van der Waals surface area contributed by atoms with Crippen LogP contribution in [0.2, 0.25) is 0 Å². The molecule has 2 aromatic carbocycles. The number of amides is 1. The lowest BCUT2D eigenvalue weighted by atomic mass is 10.2. The lowest BCUT2D eigenvalue weighted by molar-refractivity contribution is -0.948. The van der Waals surface area contributed by atoms with E-state index in [2.05, 4.69) is 69.2 Å². The highest BCUT2D eigenvalue weighted by molar-refractivity contribution is 7.99. The molecule has 9 heteroatoms. The quantitative estimate of drug-likeness (QED) is 0.471. The van der Waals surface area contributed by atoms with Gasteiger partial charge in [0.2, 0.25) is 5.95 Å². The number of piperazine rings is 1. The number of benzene rings is 2. The molecule has 0 saturated carbocycles. The number of imidazole rings is 1. The van der Waals surface area contributed by atoms with Crippen LogP contribution in [-0.2, 0) is 4.79 Å². The van der Waals surface area contributed by atoms with Crippen molar-refractivity contribution in [3.8, 4) is 11.4 Å². The van der Waals surface area contributed by atoms with Gasteiger partial charge in [-0.3, -0.25) is 9.36 Å². The van der Waals surface area contributed by atoms with Crippen molar-refractivity contribution in [2.75, 3.05) is 62.9 Å². The molecule has 1 aromatic heterocycles. The minimum Gasteiger partial charge on any atom is -0.497 e. The van der Waals surface area contributed by atoms with Crippen molar-refractivity contribution in [3.63, 3.8) is 0 Å². The summed E-state index contributed by atoms with van der Waals surface area (Å²) in [5, 5.41) is 2.50. The second-order valence-electron chi connectivity index (χ2n) is 10.1. The maximum atomic E-state index is 13.2. The first kappa shape index (κ1) is 23.6. The zero-order chi connectivity index (χ0) is 25.7. The Bertz CT molecular complexity index is 1480. The Balaban J connectivity index is 1.15. The van der Waals surface area contributed by atoms with Crippen LogP contribution < -0.4 is 9.64 Å². The first-order valence-electron chi connectivity index (χ1n) is 13.1. The Kier molecular flexibility index (Phi) is 5.79. The zero-order valence-corrected chi connectivity index (χ0v) is 22.3. The number of carbonyl (C=O) groups is 1. The molecule has 0 bridgehead atoms. The molecule has 0 unspecified atom stereocenters. The third-order valence-corrected chi connectivity index (χ3v) is 8.96. The van der Waals surface area contributed by atoms with E-state index in [1.807, 2.05) is 34.9 Å². The summed E-state index contributed by atoms with van der Waals surface area (Å²) in [6.45, 7) is 4.99. The van der Waals surface area contributed by atoms with E-state index >= 15 is 0 Å². The summed E-state index contributed by atoms with van der Waals surface area (Å²) in [4.78, 5) is 22.6. The summed E-state index contributed by atoms with van der Waals surface area (Å²) in [5.41, 5.74) is 5.20. The fourth-order valence-corrected chi connectivity index (χ4v) is 6.97. The maximum Gasteiger partial charge on any atom is 0.256 e. The first-order chi connectivity index (χ1) is 18.7. The van der Waals surface area contributed by atoms with E-state index < -0.39 is 0 Å². The normalized spacial score (nSPS) is 23.2. The number of methoxy groups -OCH3 is 1. The van der Waals surface area contributed by atoms with Gasteiger partial charge in [-0.2, -0.15) is 4.59 Å². The van der Waals surface area contributed by atoms with Crippen LogP contribution in [0, 0.1) is 0 Å². The molecule has 194 valence electrons. The average Bonchev–Trinajstić information content (AvgIpc) is 3.75. The first-order valence-corrected chi connectivity index (χ1v) is 14.3. The van der Waals surface area contributed by atoms with Crippen LogP contribution in [0.5, 0.6) is 5.75 Å². The van der Waals surface area contributed by atoms with Crippen molar-refractivity contribution >= 4 is 34.7 Å². The SMILES string of the molecule is COc1ccc2c(c1)nc(N1CCN([N@@+]34C=CC=C3C=C(C(=O)N3CCSC3)C4)CC1)n2-c1ccccc1. The number of carbonyl (C=O) groups excluding carboxylic acids is 1. The van der Waals surface area contributed by atoms with Gasteiger partial charge >= 0.3 is 0 Å². The second-order valence-corrected chi connectivity index (χ2v) is 11.1. The van der Waals surface area contributed by atoms with Crippen LogP contribution in [0.4, 0.5) is 5.95 Å². The minimum atomic E-state index is 0.196. The van der Waals surface area contributed by atoms with E-state index in [1.54, 1.807) is 7.11 Å². The van der Waals surface area contributed by atoms with Crippen molar-refractivity contribution in [1.82, 2.24) is 19.5 Å². The van der Waals surface area contributed by atoms with E-state index in [0.717, 1.165) is 78.3 Å². The van der Waals surface area contributed by atoms with Crippen LogP contribution in [0.25, 0.3) is 16.7 Å². The maximum absolute atomic E-state index is 13.2. The Morgan fingerprint density at radius 1 is 1.05 bits per heavy atom. The summed E-state index contributed by atoms with van der Waals surface area (Å²) in [7, 11) is 1.69. The van der Waals surface area contributed by atoms with E-state index in [0.29, 0.717) is 11.1 Å². The summed E-state index contributed by atoms with van der Waals surface area (Å²) in [6, 6.07) is 16.5. The van der Waals surface area contributed by atoms with Crippen LogP contribution >= 0.6 is 11.8 Å². The standard InChI is InChI=1S/C29H31N6O2S/c1-37-25-9-10-27-26(19-25)30-29(34(27)23-6-3-2-4-7-23)31-11-13-33(14-12-31)35-16-5-8-24(35)18-22(20-35)28(36)32-15-17-38-21-32/h2-10,16,18-19H,11-15,17,20-21H2,1H3/q+1/t35-/m1/s1. The molecule has 1 amide bonds. The van der Waals surface area contributed by atoms with Gasteiger partial charge in [0.15, 0.2) is 5.70 Å². The number of nitrogens with zero attached hydrogens (tertiary/aromatic N) is 6. The molecule has 8 nitrogen and oxygen atoms in total. The van der Waals surface area contributed by atoms with E-state index in [-0.39, 0.29) is 5.91 Å². The number of allylic oxidation sites excluding steroid dienone is 3. The second kappa shape index (κ2) is 9.34. The molecule has 5 heterocycles. The molecular formula is C29H31N6O2S+. The molecule has 3 aromatic rings. The van der Waals surface area contributed by atoms with Gasteiger partial charge < -0.3 is 14.5 Å². The average molecular weight is 528 g/mol. The number of aromatic nitrogens is 2. The smallest absolute Gasteiger partial charge is 0.256 e. The molecule has 0 N–H and O–H groups in total. The number of hydrogen-bond acceptors (Lipinski definition) is 6. The Morgan fingerprint density at radius 3 is 2.66 bits per heavy atom. The van der Waals surface area contributed by atoms with Gasteiger partial charge in [0, 0.05) is 49.3 Å². The predicted molar refractivity (Wildman–Crippen MR) is 151 cm³/mol. The van der Waals surface area contributed by atoms with E-state index in [1.165, 1.54) is 5.70 Å². The van der Waals surface area contributed by atoms with Crippen LogP contribution in [-0.4, -0.2) is 88.0 Å². The van der Waals surface area contributed by atoms with Crippen molar-refractivity contribution in [1.29, 1.82) is 0 Å². The van der Waals surface area contributed by atoms with Gasteiger partial charge in [-0.25, -0.2) is 4.98 Å². The van der Waals surface area contributed by atoms with Crippen LogP contribution in [0.3, 0.4) is 0 Å². The Hall–Kier alpha value is -3.53. The van der Waals surface area contributed by atoms with Gasteiger partial charge in [0.1, 0.15) is 18.5 Å². The lowest BCUT2D eigenvalue weighted by Gasteiger charge is -2.44. The molecule has 0 aliphatic carbocycles. The number of anilines is 1. The third kappa shape index (κ3) is 3.76. The van der Waals surface area contributed by atoms with Crippen molar-refractivity contribution in [2.24, 2.45) is 0 Å². The van der Waals surface area contributed by atoms with Crippen molar-refractivity contribution in [2.45, 2.75) is 0 Å². The highest BCUT2D eigenvalue weighted by atomic mass is 32.2. The van der Waals surface area contributed by atoms with Gasteiger partial charge in [-0.1, -0.05) is 18.2 Å². The largest absolute Gasteiger partial charge is 0.497 e. The van der Waals surface area contributed by atoms with E-state index in [9.17, 15) is 4.79 Å². The molecule has 38 heavy (non-hydrogen) atoms. The molecule has 2 saturated heterocycles. The van der Waals surface area contributed by atoms with Crippen molar-refractivity contribution < 1.29 is 14.1 Å². The fraction of sp³-hybridized carbons (Fsp3) is 0.310. The highest BCUT2D eigenvalue weighted by Gasteiger charge is 2.48. The third-order valence-electron chi connectivity index (χ3n) is 8.00. The lowest BCUT2D eigenvalue weighted by Crippen LogP contribution is -2.60. The van der Waals surface area contributed by atoms with Gasteiger partial charge in [-0.05, 0) is 30.3 Å². The molecule has 1 atom stereocenters. The monoisotopic (exact) mass is 527 g/mol. The van der Waals surface area contributed by atoms with Gasteiger partial charge in [-0.15, -0.1) is 16.8 Å². The fourth-order valence-electron chi connectivity index (χ4n) is 6.02. The summed E-state index contributed by atoms with van der Waals surface area (Å²) >= 11 is 1.83. The topological polar surface area (TPSA) is 53.8 Å². The summed E-state index contributed by atoms with van der Waals surface area (Å²) in [6.07, 6.45) is 8.66. The number of quaternary nitrogens is 1. The number of rotatable bonds is 5.